The van der Waals surface area contributed by atoms with Gasteiger partial charge in [-0.25, -0.2) is 9.97 Å². The lowest BCUT2D eigenvalue weighted by atomic mass is 9.89. The van der Waals surface area contributed by atoms with Gasteiger partial charge in [-0.2, -0.15) is 0 Å². The quantitative estimate of drug-likeness (QED) is 0.130. The molecule has 15 heteroatoms. The second-order valence-electron chi connectivity index (χ2n) is 25.7. The number of rotatable bonds is 4. The standard InChI is InChI=1S/C21H23N2.C18H18N3.C17H15N2O.C17H15N2S.C9H11N4.13C2H6/c1-12-8-7-9-17-19-15(4)13(2)14(3)16(5)20(19)18-10-11-22(6)23(18)21(12)17;1-13-11-15-14-7-4-5-8-16(14)20(3)18(15)12-17(13)21-10-6-9-19(21)2;2*1-12-10-14-13-6-3-4-7-16(13)20-17(14)11-15(12)19-9-5-8-18(19)2;1-8-6-10-7-11-9(8)13-5-3-4-12(13)2;13*1-2/h7-11H,1-6H3;4-12H,1-3H3;2*3-11H,1-2H3;3-7H,1-2H3;13*1-2H3/q5*+1;;;;;;;;;;;;;. The molecule has 0 radical (unpaired) electrons. The zero-order valence-corrected chi connectivity index (χ0v) is 84.8. The number of para-hydroxylation sites is 3. The summed E-state index contributed by atoms with van der Waals surface area (Å²) in [5.74, 6) is 0.919. The summed E-state index contributed by atoms with van der Waals surface area (Å²) in [5, 5.41) is 11.9. The Labute approximate surface area is 746 Å². The van der Waals surface area contributed by atoms with Crippen molar-refractivity contribution in [2.45, 2.75) is 242 Å². The highest BCUT2D eigenvalue weighted by molar-refractivity contribution is 7.25. The molecule has 123 heavy (non-hydrogen) atoms. The van der Waals surface area contributed by atoms with Crippen LogP contribution < -0.4 is 23.4 Å². The third-order valence-corrected chi connectivity index (χ3v) is 20.7. The van der Waals surface area contributed by atoms with Gasteiger partial charge in [-0.05, 0) is 161 Å². The molecular weight excluding hydrogens is 1530 g/mol. The molecular formula is C108H160N13OS+5. The number of aromatic nitrogens is 13. The van der Waals surface area contributed by atoms with Gasteiger partial charge in [-0.3, -0.25) is 0 Å². The van der Waals surface area contributed by atoms with Gasteiger partial charge < -0.3 is 8.98 Å². The van der Waals surface area contributed by atoms with Crippen molar-refractivity contribution in [3.8, 4) is 22.9 Å². The fourth-order valence-corrected chi connectivity index (χ4v) is 15.3. The predicted octanol–water partition coefficient (Wildman–Crippen LogP) is 29.1. The first-order chi connectivity index (χ1) is 59.9. The number of benzene rings is 8. The molecule has 0 N–H and O–H groups in total. The highest BCUT2D eigenvalue weighted by atomic mass is 32.1. The van der Waals surface area contributed by atoms with E-state index in [2.05, 4.69) is 300 Å². The van der Waals surface area contributed by atoms with Crippen LogP contribution in [-0.4, -0.2) is 37.8 Å². The lowest BCUT2D eigenvalue weighted by Crippen LogP contribution is -2.37. The minimum Gasteiger partial charge on any atom is -0.456 e. The number of thiophene rings is 1. The second-order valence-corrected chi connectivity index (χ2v) is 26.8. The van der Waals surface area contributed by atoms with E-state index in [4.69, 9.17) is 4.42 Å². The van der Waals surface area contributed by atoms with Crippen molar-refractivity contribution in [2.75, 3.05) is 0 Å². The van der Waals surface area contributed by atoms with Crippen LogP contribution in [0.1, 0.15) is 230 Å². The maximum absolute atomic E-state index is 5.96. The Balaban J connectivity index is 0.000000724. The lowest BCUT2D eigenvalue weighted by Gasteiger charge is -2.17. The van der Waals surface area contributed by atoms with Crippen LogP contribution >= 0.6 is 11.3 Å². The van der Waals surface area contributed by atoms with Crippen LogP contribution in [0.5, 0.6) is 0 Å². The first-order valence-electron chi connectivity index (χ1n) is 45.9. The van der Waals surface area contributed by atoms with Gasteiger partial charge in [0.15, 0.2) is 72.0 Å². The normalized spacial score (nSPS) is 9.67. The van der Waals surface area contributed by atoms with Crippen molar-refractivity contribution >= 4 is 102 Å². The fourth-order valence-electron chi connectivity index (χ4n) is 14.1. The highest BCUT2D eigenvalue weighted by Crippen LogP contribution is 2.40. The molecule has 0 amide bonds. The topological polar surface area (TPSA) is 87.4 Å². The van der Waals surface area contributed by atoms with Crippen molar-refractivity contribution in [3.63, 3.8) is 0 Å². The first-order valence-corrected chi connectivity index (χ1v) is 46.7. The van der Waals surface area contributed by atoms with E-state index in [1.807, 2.05) is 277 Å². The van der Waals surface area contributed by atoms with Gasteiger partial charge in [-0.15, -0.1) is 58.0 Å². The Morgan fingerprint density at radius 2 is 0.724 bits per heavy atom. The molecule has 0 bridgehead atoms. The van der Waals surface area contributed by atoms with Gasteiger partial charge >= 0.3 is 0 Å². The zero-order chi connectivity index (χ0) is 93.7. The molecule has 10 heterocycles. The molecule has 0 spiro atoms. The van der Waals surface area contributed by atoms with Crippen LogP contribution in [-0.2, 0) is 42.3 Å². The van der Waals surface area contributed by atoms with E-state index in [1.54, 1.807) is 6.33 Å². The smallest absolute Gasteiger partial charge is 0.198 e. The van der Waals surface area contributed by atoms with Crippen molar-refractivity contribution in [1.29, 1.82) is 0 Å². The number of hydrogen-bond donors (Lipinski definition) is 0. The van der Waals surface area contributed by atoms with Crippen LogP contribution in [0.4, 0.5) is 0 Å². The van der Waals surface area contributed by atoms with Crippen LogP contribution in [0.2, 0.25) is 0 Å². The maximum Gasteiger partial charge on any atom is 0.198 e. The molecule has 0 aliphatic heterocycles. The SMILES string of the molecule is CC.CC.CC.CC.CC.CC.CC.CC.CC.CC.CC.CC.CC.Cc1c(C)c(C)c2c(c1C)c1cccc(C)c1n1c2cc[n+]1C.Cc1cc2c(cc1-n1ccc[n+]1C)oc1ccccc12.Cc1cc2c(cc1-n1ccc[n+]1C)sc1ccccc12.Cc1cc2c3ccccc3n(C)c2cc1-n1ccc[n+]1C.Cc1cncnc1-n1ccc[n+]1C. The average Bonchev–Trinajstić information content (AvgIpc) is 1.65. The van der Waals surface area contributed by atoms with Gasteiger partial charge in [0.1, 0.15) is 45.6 Å². The molecule has 0 saturated carbocycles. The van der Waals surface area contributed by atoms with E-state index in [1.165, 1.54) is 136 Å². The van der Waals surface area contributed by atoms with Crippen molar-refractivity contribution in [3.05, 3.63) is 276 Å². The molecule has 664 valence electrons. The fraction of sp³-hybridized carbons (Fsp3) is 0.380. The Morgan fingerprint density at radius 1 is 0.301 bits per heavy atom. The number of aryl methyl sites for hydroxylation is 13. The van der Waals surface area contributed by atoms with Crippen molar-refractivity contribution in [1.82, 2.24) is 37.8 Å². The summed E-state index contributed by atoms with van der Waals surface area (Å²) in [4.78, 5) is 8.16. The molecule has 0 aliphatic carbocycles. The van der Waals surface area contributed by atoms with Gasteiger partial charge in [0.25, 0.3) is 0 Å². The van der Waals surface area contributed by atoms with Crippen molar-refractivity contribution < 1.29 is 27.8 Å². The van der Waals surface area contributed by atoms with E-state index in [0.29, 0.717) is 0 Å². The number of nitrogens with zero attached hydrogens (tertiary/aromatic N) is 13. The average molecular weight is 1690 g/mol. The lowest BCUT2D eigenvalue weighted by molar-refractivity contribution is -0.744. The van der Waals surface area contributed by atoms with E-state index >= 15 is 0 Å². The summed E-state index contributed by atoms with van der Waals surface area (Å²) in [5.41, 5.74) is 22.5. The number of hydrogen-bond acceptors (Lipinski definition) is 4. The van der Waals surface area contributed by atoms with Gasteiger partial charge in [0.2, 0.25) is 0 Å². The van der Waals surface area contributed by atoms with E-state index < -0.39 is 0 Å². The third kappa shape index (κ3) is 25.2. The number of pyridine rings is 1. The van der Waals surface area contributed by atoms with Crippen LogP contribution in [0.25, 0.3) is 114 Å². The predicted molar refractivity (Wildman–Crippen MR) is 541 cm³/mol. The highest BCUT2D eigenvalue weighted by Gasteiger charge is 2.23. The van der Waals surface area contributed by atoms with Crippen LogP contribution in [0.3, 0.4) is 0 Å². The Morgan fingerprint density at radius 3 is 1.22 bits per heavy atom. The zero-order valence-electron chi connectivity index (χ0n) is 84.0. The first kappa shape index (κ1) is 110. The molecule has 14 nitrogen and oxygen atoms in total. The summed E-state index contributed by atoms with van der Waals surface area (Å²) in [6, 6.07) is 55.9. The maximum atomic E-state index is 5.96. The molecule has 10 aromatic heterocycles. The molecule has 0 saturated heterocycles. The van der Waals surface area contributed by atoms with Crippen LogP contribution in [0, 0.1) is 62.3 Å². The minimum atomic E-state index is 0.919. The Kier molecular flexibility index (Phi) is 51.0. The summed E-state index contributed by atoms with van der Waals surface area (Å²) in [7, 11) is 12.4. The van der Waals surface area contributed by atoms with E-state index in [-0.39, 0.29) is 0 Å². The summed E-state index contributed by atoms with van der Waals surface area (Å²) in [6.45, 7) is 71.7. The molecule has 0 unspecified atom stereocenters. The number of fused-ring (bicyclic) bond motifs is 15. The molecule has 0 aliphatic rings. The van der Waals surface area contributed by atoms with Crippen LogP contribution in [0.15, 0.2) is 230 Å². The van der Waals surface area contributed by atoms with Gasteiger partial charge in [-0.1, -0.05) is 253 Å². The minimum absolute atomic E-state index is 0.919. The van der Waals surface area contributed by atoms with E-state index in [9.17, 15) is 0 Å². The van der Waals surface area contributed by atoms with Crippen molar-refractivity contribution in [2.24, 2.45) is 42.3 Å². The monoisotopic (exact) mass is 1690 g/mol. The Hall–Kier alpha value is -11.3. The third-order valence-electron chi connectivity index (χ3n) is 19.6. The molecule has 18 aromatic rings. The van der Waals surface area contributed by atoms with Gasteiger partial charge in [0, 0.05) is 113 Å². The van der Waals surface area contributed by atoms with E-state index in [0.717, 1.165) is 28.2 Å². The second kappa shape index (κ2) is 57.1. The summed E-state index contributed by atoms with van der Waals surface area (Å²) >= 11 is 1.87. The Bertz CT molecular complexity index is 5900. The summed E-state index contributed by atoms with van der Waals surface area (Å²) in [6.07, 6.45) is 21.9. The molecule has 0 fully saturated rings. The number of furan rings is 1. The largest absolute Gasteiger partial charge is 0.456 e. The molecule has 18 rings (SSSR count). The molecule has 0 atom stereocenters. The molecule has 8 aromatic carbocycles. The summed E-state index contributed by atoms with van der Waals surface area (Å²) < 4.78 is 32.1. The van der Waals surface area contributed by atoms with Gasteiger partial charge in [0.05, 0.1) is 30.3 Å².